The number of hydrogen-bond donors (Lipinski definition) is 1. The number of ether oxygens (including phenoxy) is 2. The molecule has 0 spiro atoms. The summed E-state index contributed by atoms with van der Waals surface area (Å²) in [6.45, 7) is 3.34. The molecule has 18 heavy (non-hydrogen) atoms. The largest absolute Gasteiger partial charge is 0.468 e. The zero-order valence-corrected chi connectivity index (χ0v) is 11.0. The second kappa shape index (κ2) is 6.50. The molecule has 5 heteroatoms. The highest BCUT2D eigenvalue weighted by Crippen LogP contribution is 2.23. The van der Waals surface area contributed by atoms with Crippen LogP contribution in [0.2, 0.25) is 0 Å². The van der Waals surface area contributed by atoms with Gasteiger partial charge in [0.2, 0.25) is 0 Å². The lowest BCUT2D eigenvalue weighted by atomic mass is 9.94. The number of aliphatic hydroxyl groups is 1. The summed E-state index contributed by atoms with van der Waals surface area (Å²) in [4.78, 5) is 13.9. The van der Waals surface area contributed by atoms with E-state index >= 15 is 0 Å². The molecule has 2 aliphatic heterocycles. The number of carbonyl (C=O) groups is 1. The van der Waals surface area contributed by atoms with E-state index in [1.54, 1.807) is 0 Å². The highest BCUT2D eigenvalue weighted by atomic mass is 16.5. The summed E-state index contributed by atoms with van der Waals surface area (Å²) in [5.41, 5.74) is 0. The third-order valence-corrected chi connectivity index (χ3v) is 3.99. The molecule has 0 unspecified atom stereocenters. The molecule has 2 heterocycles. The fourth-order valence-corrected chi connectivity index (χ4v) is 2.86. The van der Waals surface area contributed by atoms with E-state index < -0.39 is 0 Å². The Hall–Kier alpha value is -0.650. The summed E-state index contributed by atoms with van der Waals surface area (Å²) in [5.74, 6) is 0.377. The van der Waals surface area contributed by atoms with Crippen molar-refractivity contribution in [2.24, 2.45) is 5.92 Å². The normalized spacial score (nSPS) is 31.2. The number of carbonyl (C=O) groups excluding carboxylic acids is 1. The van der Waals surface area contributed by atoms with Crippen LogP contribution in [0, 0.1) is 5.92 Å². The Bertz CT molecular complexity index is 278. The van der Waals surface area contributed by atoms with Gasteiger partial charge < -0.3 is 14.6 Å². The van der Waals surface area contributed by atoms with Gasteiger partial charge in [-0.1, -0.05) is 0 Å². The van der Waals surface area contributed by atoms with Crippen LogP contribution in [-0.2, 0) is 14.3 Å². The summed E-state index contributed by atoms with van der Waals surface area (Å²) in [5, 5.41) is 9.69. The molecule has 0 aliphatic carbocycles. The second-order valence-electron chi connectivity index (χ2n) is 5.27. The van der Waals surface area contributed by atoms with Gasteiger partial charge in [-0.3, -0.25) is 9.69 Å². The summed E-state index contributed by atoms with van der Waals surface area (Å²) in [7, 11) is 1.41. The molecular formula is C13H23NO4. The van der Waals surface area contributed by atoms with Gasteiger partial charge in [0, 0.05) is 26.3 Å². The maximum atomic E-state index is 11.8. The van der Waals surface area contributed by atoms with Crippen molar-refractivity contribution in [1.82, 2.24) is 4.90 Å². The van der Waals surface area contributed by atoms with Crippen LogP contribution in [0.3, 0.4) is 0 Å². The first-order chi connectivity index (χ1) is 8.70. The van der Waals surface area contributed by atoms with Gasteiger partial charge in [-0.25, -0.2) is 0 Å². The van der Waals surface area contributed by atoms with Crippen LogP contribution in [0.25, 0.3) is 0 Å². The average molecular weight is 257 g/mol. The van der Waals surface area contributed by atoms with Gasteiger partial charge in [0.15, 0.2) is 0 Å². The minimum Gasteiger partial charge on any atom is -0.468 e. The lowest BCUT2D eigenvalue weighted by Crippen LogP contribution is -2.51. The predicted octanol–water partition coefficient (Wildman–Crippen LogP) is 0.411. The van der Waals surface area contributed by atoms with Gasteiger partial charge in [0.25, 0.3) is 0 Å². The molecule has 0 saturated carbocycles. The van der Waals surface area contributed by atoms with Gasteiger partial charge in [-0.2, -0.15) is 0 Å². The lowest BCUT2D eigenvalue weighted by Gasteiger charge is -2.38. The van der Waals surface area contributed by atoms with Gasteiger partial charge in [0.05, 0.1) is 13.2 Å². The molecule has 2 rings (SSSR count). The Kier molecular flexibility index (Phi) is 4.97. The van der Waals surface area contributed by atoms with Crippen LogP contribution < -0.4 is 0 Å². The Morgan fingerprint density at radius 2 is 2.11 bits per heavy atom. The SMILES string of the molecule is COC(=O)[C@@H]1C[C@H](O)CCN1CC1CCOCC1. The molecule has 0 radical (unpaired) electrons. The van der Waals surface area contributed by atoms with E-state index in [0.29, 0.717) is 12.3 Å². The van der Waals surface area contributed by atoms with Crippen molar-refractivity contribution < 1.29 is 19.4 Å². The molecule has 2 aliphatic rings. The Balaban J connectivity index is 1.92. The van der Waals surface area contributed by atoms with Crippen molar-refractivity contribution in [3.8, 4) is 0 Å². The zero-order chi connectivity index (χ0) is 13.0. The van der Waals surface area contributed by atoms with Crippen molar-refractivity contribution in [3.05, 3.63) is 0 Å². The molecule has 2 fully saturated rings. The quantitative estimate of drug-likeness (QED) is 0.742. The summed E-state index contributed by atoms with van der Waals surface area (Å²) >= 11 is 0. The van der Waals surface area contributed by atoms with Crippen molar-refractivity contribution in [3.63, 3.8) is 0 Å². The molecular weight excluding hydrogens is 234 g/mol. The van der Waals surface area contributed by atoms with Crippen molar-refractivity contribution in [2.75, 3.05) is 33.4 Å². The molecule has 0 aromatic carbocycles. The molecule has 2 saturated heterocycles. The maximum Gasteiger partial charge on any atom is 0.323 e. The van der Waals surface area contributed by atoms with Crippen molar-refractivity contribution in [1.29, 1.82) is 0 Å². The minimum atomic E-state index is -0.375. The molecule has 2 atom stereocenters. The van der Waals surface area contributed by atoms with E-state index in [-0.39, 0.29) is 18.1 Å². The van der Waals surface area contributed by atoms with Crippen LogP contribution in [0.15, 0.2) is 0 Å². The second-order valence-corrected chi connectivity index (χ2v) is 5.27. The number of esters is 1. The first-order valence-corrected chi connectivity index (χ1v) is 6.78. The highest BCUT2D eigenvalue weighted by Gasteiger charge is 2.34. The summed E-state index contributed by atoms with van der Waals surface area (Å²) in [6, 6.07) is -0.276. The van der Waals surface area contributed by atoms with Gasteiger partial charge in [-0.15, -0.1) is 0 Å². The Labute approximate surface area is 108 Å². The first kappa shape index (κ1) is 13.8. The Morgan fingerprint density at radius 1 is 1.39 bits per heavy atom. The first-order valence-electron chi connectivity index (χ1n) is 6.78. The number of piperidine rings is 1. The van der Waals surface area contributed by atoms with Crippen LogP contribution in [0.1, 0.15) is 25.7 Å². The van der Waals surface area contributed by atoms with E-state index in [1.165, 1.54) is 7.11 Å². The molecule has 1 N–H and O–H groups in total. The van der Waals surface area contributed by atoms with Gasteiger partial charge in [-0.05, 0) is 31.6 Å². The van der Waals surface area contributed by atoms with Crippen molar-refractivity contribution in [2.45, 2.75) is 37.8 Å². The Morgan fingerprint density at radius 3 is 2.78 bits per heavy atom. The molecule has 0 amide bonds. The number of nitrogens with zero attached hydrogens (tertiary/aromatic N) is 1. The topological polar surface area (TPSA) is 59.0 Å². The average Bonchev–Trinajstić information content (AvgIpc) is 2.41. The minimum absolute atomic E-state index is 0.221. The standard InChI is InChI=1S/C13H23NO4/c1-17-13(16)12-8-11(15)2-5-14(12)9-10-3-6-18-7-4-10/h10-12,15H,2-9H2,1H3/t11-,12+/m1/s1. The number of rotatable bonds is 3. The highest BCUT2D eigenvalue weighted by molar-refractivity contribution is 5.75. The predicted molar refractivity (Wildman–Crippen MR) is 66.2 cm³/mol. The molecule has 104 valence electrons. The van der Waals surface area contributed by atoms with E-state index in [9.17, 15) is 9.90 Å². The van der Waals surface area contributed by atoms with E-state index in [1.807, 2.05) is 0 Å². The summed E-state index contributed by atoms with van der Waals surface area (Å²) in [6.07, 6.45) is 2.99. The molecule has 0 aromatic rings. The number of hydrogen-bond acceptors (Lipinski definition) is 5. The number of methoxy groups -OCH3 is 1. The molecule has 5 nitrogen and oxygen atoms in total. The molecule has 0 bridgehead atoms. The zero-order valence-electron chi connectivity index (χ0n) is 11.0. The fourth-order valence-electron chi connectivity index (χ4n) is 2.86. The third kappa shape index (κ3) is 3.43. The van der Waals surface area contributed by atoms with Crippen LogP contribution in [0.5, 0.6) is 0 Å². The smallest absolute Gasteiger partial charge is 0.323 e. The van der Waals surface area contributed by atoms with E-state index in [4.69, 9.17) is 9.47 Å². The number of aliphatic hydroxyl groups excluding tert-OH is 1. The number of likely N-dealkylation sites (tertiary alicyclic amines) is 1. The van der Waals surface area contributed by atoms with E-state index in [0.717, 1.165) is 45.6 Å². The third-order valence-electron chi connectivity index (χ3n) is 3.99. The van der Waals surface area contributed by atoms with Crippen LogP contribution in [0.4, 0.5) is 0 Å². The van der Waals surface area contributed by atoms with E-state index in [2.05, 4.69) is 4.90 Å². The maximum absolute atomic E-state index is 11.8. The lowest BCUT2D eigenvalue weighted by molar-refractivity contribution is -0.150. The molecule has 0 aromatic heterocycles. The fraction of sp³-hybridized carbons (Fsp3) is 0.923. The van der Waals surface area contributed by atoms with Crippen LogP contribution in [-0.4, -0.2) is 61.5 Å². The monoisotopic (exact) mass is 257 g/mol. The van der Waals surface area contributed by atoms with Crippen LogP contribution >= 0.6 is 0 Å². The van der Waals surface area contributed by atoms with Gasteiger partial charge >= 0.3 is 5.97 Å². The summed E-state index contributed by atoms with van der Waals surface area (Å²) < 4.78 is 10.2. The van der Waals surface area contributed by atoms with Crippen molar-refractivity contribution >= 4 is 5.97 Å². The van der Waals surface area contributed by atoms with Gasteiger partial charge in [0.1, 0.15) is 6.04 Å².